The predicted molar refractivity (Wildman–Crippen MR) is 85.1 cm³/mol. The van der Waals surface area contributed by atoms with Crippen LogP contribution in [0.3, 0.4) is 0 Å². The van der Waals surface area contributed by atoms with E-state index in [-0.39, 0.29) is 0 Å². The lowest BCUT2D eigenvalue weighted by Gasteiger charge is -2.08. The minimum absolute atomic E-state index is 0.428. The quantitative estimate of drug-likeness (QED) is 0.607. The van der Waals surface area contributed by atoms with Gasteiger partial charge in [-0.25, -0.2) is 4.98 Å². The number of imidazole rings is 1. The van der Waals surface area contributed by atoms with E-state index in [0.29, 0.717) is 5.88 Å². The van der Waals surface area contributed by atoms with E-state index in [4.69, 9.17) is 11.6 Å². The smallest absolute Gasteiger partial charge is 0.125 e. The second kappa shape index (κ2) is 5.27. The van der Waals surface area contributed by atoms with E-state index in [9.17, 15) is 0 Å². The molecule has 0 N–H and O–H groups in total. The van der Waals surface area contributed by atoms with E-state index in [1.807, 2.05) is 12.1 Å². The summed E-state index contributed by atoms with van der Waals surface area (Å²) >= 11 is 11.4. The van der Waals surface area contributed by atoms with Gasteiger partial charge in [-0.15, -0.1) is 22.9 Å². The third-order valence-corrected chi connectivity index (χ3v) is 5.31. The Kier molecular flexibility index (Phi) is 3.65. The molecule has 0 saturated heterocycles. The van der Waals surface area contributed by atoms with E-state index in [1.54, 1.807) is 11.3 Å². The molecular weight excluding hydrogens is 344 g/mol. The first-order valence-corrected chi connectivity index (χ1v) is 8.14. The standard InChI is InChI=1S/C14H12BrClN2S/c1-9-3-2-4-11-14(9)18(13(7-16)17-11)8-12-10(15)5-6-19-12/h2-6H,7-8H2,1H3. The van der Waals surface area contributed by atoms with Crippen molar-refractivity contribution in [3.05, 3.63) is 50.4 Å². The van der Waals surface area contributed by atoms with Crippen LogP contribution in [0, 0.1) is 6.92 Å². The number of alkyl halides is 1. The largest absolute Gasteiger partial charge is 0.321 e. The van der Waals surface area contributed by atoms with Crippen molar-refractivity contribution in [2.45, 2.75) is 19.3 Å². The maximum Gasteiger partial charge on any atom is 0.125 e. The van der Waals surface area contributed by atoms with Crippen LogP contribution in [0.4, 0.5) is 0 Å². The third-order valence-electron chi connectivity index (χ3n) is 3.16. The number of benzene rings is 1. The lowest BCUT2D eigenvalue weighted by molar-refractivity contribution is 0.785. The van der Waals surface area contributed by atoms with Gasteiger partial charge in [0.05, 0.1) is 23.5 Å². The second-order valence-electron chi connectivity index (χ2n) is 4.38. The highest BCUT2D eigenvalue weighted by Gasteiger charge is 2.13. The van der Waals surface area contributed by atoms with Gasteiger partial charge in [0, 0.05) is 9.35 Å². The molecule has 0 amide bonds. The topological polar surface area (TPSA) is 17.8 Å². The average molecular weight is 356 g/mol. The Balaban J connectivity index is 2.18. The number of hydrogen-bond acceptors (Lipinski definition) is 2. The molecule has 0 fully saturated rings. The number of para-hydroxylation sites is 1. The summed E-state index contributed by atoms with van der Waals surface area (Å²) < 4.78 is 3.36. The van der Waals surface area contributed by atoms with E-state index < -0.39 is 0 Å². The number of hydrogen-bond donors (Lipinski definition) is 0. The van der Waals surface area contributed by atoms with E-state index in [2.05, 4.69) is 49.9 Å². The fraction of sp³-hybridized carbons (Fsp3) is 0.214. The summed E-state index contributed by atoms with van der Waals surface area (Å²) in [5.41, 5.74) is 3.43. The SMILES string of the molecule is Cc1cccc2nc(CCl)n(Cc3sccc3Br)c12. The van der Waals surface area contributed by atoms with E-state index in [1.165, 1.54) is 16.0 Å². The van der Waals surface area contributed by atoms with Crippen molar-refractivity contribution < 1.29 is 0 Å². The number of thiophene rings is 1. The van der Waals surface area contributed by atoms with Crippen LogP contribution in [0.15, 0.2) is 34.1 Å². The molecule has 3 aromatic rings. The molecule has 0 atom stereocenters. The van der Waals surface area contributed by atoms with Gasteiger partial charge in [-0.3, -0.25) is 0 Å². The molecule has 0 unspecified atom stereocenters. The fourth-order valence-corrected chi connectivity index (χ4v) is 3.94. The molecule has 3 rings (SSSR count). The van der Waals surface area contributed by atoms with Crippen LogP contribution in [0.2, 0.25) is 0 Å². The van der Waals surface area contributed by atoms with Crippen LogP contribution >= 0.6 is 38.9 Å². The summed E-state index contributed by atoms with van der Waals surface area (Å²) in [4.78, 5) is 5.91. The highest BCUT2D eigenvalue weighted by Crippen LogP contribution is 2.27. The zero-order valence-electron chi connectivity index (χ0n) is 10.4. The number of aryl methyl sites for hydroxylation is 1. The Morgan fingerprint density at radius 2 is 2.21 bits per heavy atom. The first kappa shape index (κ1) is 13.2. The minimum Gasteiger partial charge on any atom is -0.321 e. The maximum absolute atomic E-state index is 6.04. The molecular formula is C14H12BrClN2S. The molecule has 2 nitrogen and oxygen atoms in total. The molecule has 0 spiro atoms. The Morgan fingerprint density at radius 1 is 1.37 bits per heavy atom. The molecule has 0 aliphatic carbocycles. The first-order chi connectivity index (χ1) is 9.20. The lowest BCUT2D eigenvalue weighted by Crippen LogP contribution is -2.03. The highest BCUT2D eigenvalue weighted by atomic mass is 79.9. The van der Waals surface area contributed by atoms with Crippen LogP contribution in [-0.4, -0.2) is 9.55 Å². The molecule has 5 heteroatoms. The van der Waals surface area contributed by atoms with Gasteiger partial charge < -0.3 is 4.57 Å². The molecule has 1 aromatic carbocycles. The molecule has 2 heterocycles. The summed E-state index contributed by atoms with van der Waals surface area (Å²) in [7, 11) is 0. The summed E-state index contributed by atoms with van der Waals surface area (Å²) in [6.45, 7) is 2.92. The molecule has 0 bridgehead atoms. The summed E-state index contributed by atoms with van der Waals surface area (Å²) in [5.74, 6) is 1.35. The third kappa shape index (κ3) is 2.33. The van der Waals surface area contributed by atoms with Crippen molar-refractivity contribution in [1.82, 2.24) is 9.55 Å². The number of rotatable bonds is 3. The van der Waals surface area contributed by atoms with Gasteiger partial charge >= 0.3 is 0 Å². The van der Waals surface area contributed by atoms with Crippen molar-refractivity contribution in [1.29, 1.82) is 0 Å². The van der Waals surface area contributed by atoms with Crippen LogP contribution < -0.4 is 0 Å². The lowest BCUT2D eigenvalue weighted by atomic mass is 10.2. The van der Waals surface area contributed by atoms with Crippen molar-refractivity contribution in [3.63, 3.8) is 0 Å². The monoisotopic (exact) mass is 354 g/mol. The van der Waals surface area contributed by atoms with Crippen molar-refractivity contribution in [2.24, 2.45) is 0 Å². The molecule has 98 valence electrons. The van der Waals surface area contributed by atoms with Crippen molar-refractivity contribution in [2.75, 3.05) is 0 Å². The van der Waals surface area contributed by atoms with Gasteiger partial charge in [0.2, 0.25) is 0 Å². The minimum atomic E-state index is 0.428. The molecule has 0 aliphatic rings. The predicted octanol–water partition coefficient (Wildman–Crippen LogP) is 4.96. The molecule has 0 aliphatic heterocycles. The number of nitrogens with zero attached hydrogens (tertiary/aromatic N) is 2. The Bertz CT molecular complexity index is 732. The molecule has 2 aromatic heterocycles. The number of halogens is 2. The van der Waals surface area contributed by atoms with E-state index >= 15 is 0 Å². The Morgan fingerprint density at radius 3 is 2.89 bits per heavy atom. The van der Waals surface area contributed by atoms with Crippen LogP contribution in [0.25, 0.3) is 11.0 Å². The number of aromatic nitrogens is 2. The zero-order valence-corrected chi connectivity index (χ0v) is 13.5. The summed E-state index contributed by atoms with van der Waals surface area (Å²) in [6.07, 6.45) is 0. The normalized spacial score (nSPS) is 11.3. The Labute approximate surface area is 129 Å². The average Bonchev–Trinajstić information content (AvgIpc) is 2.96. The summed E-state index contributed by atoms with van der Waals surface area (Å²) in [5, 5.41) is 2.09. The van der Waals surface area contributed by atoms with Gasteiger partial charge in [0.25, 0.3) is 0 Å². The summed E-state index contributed by atoms with van der Waals surface area (Å²) in [6, 6.07) is 8.26. The van der Waals surface area contributed by atoms with Crippen molar-refractivity contribution >= 4 is 49.9 Å². The van der Waals surface area contributed by atoms with E-state index in [0.717, 1.165) is 22.4 Å². The molecule has 0 radical (unpaired) electrons. The van der Waals surface area contributed by atoms with Gasteiger partial charge in [0.15, 0.2) is 0 Å². The van der Waals surface area contributed by atoms with Gasteiger partial charge in [-0.2, -0.15) is 0 Å². The van der Waals surface area contributed by atoms with Gasteiger partial charge in [-0.1, -0.05) is 12.1 Å². The zero-order chi connectivity index (χ0) is 13.4. The van der Waals surface area contributed by atoms with Crippen LogP contribution in [-0.2, 0) is 12.4 Å². The number of fused-ring (bicyclic) bond motifs is 1. The second-order valence-corrected chi connectivity index (χ2v) is 6.50. The fourth-order valence-electron chi connectivity index (χ4n) is 2.27. The van der Waals surface area contributed by atoms with Crippen molar-refractivity contribution in [3.8, 4) is 0 Å². The first-order valence-electron chi connectivity index (χ1n) is 5.93. The van der Waals surface area contributed by atoms with Crippen LogP contribution in [0.5, 0.6) is 0 Å². The maximum atomic E-state index is 6.04. The van der Waals surface area contributed by atoms with Crippen LogP contribution in [0.1, 0.15) is 16.3 Å². The molecule has 19 heavy (non-hydrogen) atoms. The van der Waals surface area contributed by atoms with Gasteiger partial charge in [0.1, 0.15) is 5.82 Å². The van der Waals surface area contributed by atoms with Gasteiger partial charge in [-0.05, 0) is 45.9 Å². The molecule has 0 saturated carbocycles. The Hall–Kier alpha value is -0.840. The highest BCUT2D eigenvalue weighted by molar-refractivity contribution is 9.10.